The lowest BCUT2D eigenvalue weighted by Gasteiger charge is -2.33. The zero-order valence-electron chi connectivity index (χ0n) is 31.8. The zero-order valence-corrected chi connectivity index (χ0v) is 31.8. The number of carboxylic acids is 1. The van der Waals surface area contributed by atoms with Gasteiger partial charge in [-0.15, -0.1) is 0 Å². The molecule has 0 unspecified atom stereocenters. The van der Waals surface area contributed by atoms with E-state index in [-0.39, 0.29) is 37.3 Å². The molecule has 298 valence electrons. The fourth-order valence-corrected chi connectivity index (χ4v) is 5.16. The number of nitrogens with zero attached hydrogens (tertiary/aromatic N) is 5. The first-order valence-electron chi connectivity index (χ1n) is 18.0. The van der Waals surface area contributed by atoms with E-state index in [1.54, 1.807) is 0 Å². The van der Waals surface area contributed by atoms with Gasteiger partial charge in [0, 0.05) is 105 Å². The lowest BCUT2D eigenvalue weighted by molar-refractivity contribution is -0.138. The van der Waals surface area contributed by atoms with Gasteiger partial charge in [-0.3, -0.25) is 38.7 Å². The van der Waals surface area contributed by atoms with E-state index in [0.29, 0.717) is 97.2 Å². The summed E-state index contributed by atoms with van der Waals surface area (Å²) in [5.74, 6) is -0.426. The number of rotatable bonds is 21. The number of aliphatic hydroxyl groups excluding tert-OH is 1. The van der Waals surface area contributed by atoms with E-state index in [2.05, 4.69) is 51.4 Å². The topological polar surface area (TPSA) is 215 Å². The van der Waals surface area contributed by atoms with Crippen LogP contribution in [0, 0.1) is 5.92 Å². The van der Waals surface area contributed by atoms with Crippen LogP contribution in [0.25, 0.3) is 0 Å². The maximum absolute atomic E-state index is 12.8. The van der Waals surface area contributed by atoms with Crippen molar-refractivity contribution in [3.8, 4) is 0 Å². The fraction of sp³-hybridized carbons (Fsp3) is 0.824. The molecule has 0 bridgehead atoms. The van der Waals surface area contributed by atoms with Gasteiger partial charge in [-0.25, -0.2) is 0 Å². The van der Waals surface area contributed by atoms with Crippen LogP contribution in [0.1, 0.15) is 52.9 Å². The molecule has 0 aromatic rings. The number of likely N-dealkylation sites (N-methyl/N-ethyl adjacent to an activating group) is 2. The molecule has 1 aliphatic heterocycles. The van der Waals surface area contributed by atoms with Crippen LogP contribution in [0.4, 0.5) is 0 Å². The molecular weight excluding hydrogens is 664 g/mol. The maximum Gasteiger partial charge on any atom is 0.317 e. The van der Waals surface area contributed by atoms with E-state index < -0.39 is 5.97 Å². The molecule has 6 N–H and O–H groups in total. The van der Waals surface area contributed by atoms with E-state index in [1.165, 1.54) is 0 Å². The Bertz CT molecular complexity index is 946. The molecule has 0 aromatic heterocycles. The molecule has 0 radical (unpaired) electrons. The number of carbonyl (C=O) groups excluding carboxylic acids is 4. The Hall–Kier alpha value is -3.22. The highest BCUT2D eigenvalue weighted by molar-refractivity contribution is 5.79. The van der Waals surface area contributed by atoms with E-state index >= 15 is 0 Å². The summed E-state index contributed by atoms with van der Waals surface area (Å²) in [6.07, 6.45) is 4.14. The summed E-state index contributed by atoms with van der Waals surface area (Å²) in [5.41, 5.74) is 0. The average molecular weight is 733 g/mol. The van der Waals surface area contributed by atoms with Crippen LogP contribution in [0.2, 0.25) is 0 Å². The number of carboxylic acid groups (broad SMARTS) is 2. The Morgan fingerprint density at radius 1 is 0.706 bits per heavy atom. The predicted molar refractivity (Wildman–Crippen MR) is 196 cm³/mol. The van der Waals surface area contributed by atoms with Gasteiger partial charge in [-0.1, -0.05) is 20.8 Å². The van der Waals surface area contributed by atoms with E-state index in [1.807, 2.05) is 16.8 Å². The summed E-state index contributed by atoms with van der Waals surface area (Å²) in [7, 11) is 2.94. The molecule has 0 aliphatic carbocycles. The van der Waals surface area contributed by atoms with Gasteiger partial charge in [0.05, 0.1) is 19.6 Å². The normalized spacial score (nSPS) is 15.2. The maximum atomic E-state index is 12.8. The molecule has 0 saturated carbocycles. The van der Waals surface area contributed by atoms with Crippen LogP contribution in [0.5, 0.6) is 0 Å². The Labute approximate surface area is 305 Å². The Kier molecular flexibility index (Phi) is 33.2. The van der Waals surface area contributed by atoms with Crippen molar-refractivity contribution in [3.63, 3.8) is 0 Å². The molecule has 0 aromatic carbocycles. The van der Waals surface area contributed by atoms with Crippen LogP contribution in [0.15, 0.2) is 0 Å². The Morgan fingerprint density at radius 3 is 1.59 bits per heavy atom. The number of aldehydes is 1. The quantitative estimate of drug-likeness (QED) is 0.0599. The van der Waals surface area contributed by atoms with Gasteiger partial charge in [-0.05, 0) is 38.8 Å². The molecule has 3 amide bonds. The molecular formula is C34H68N8O9. The average Bonchev–Trinajstić information content (AvgIpc) is 3.07. The summed E-state index contributed by atoms with van der Waals surface area (Å²) >= 11 is 0. The van der Waals surface area contributed by atoms with Crippen molar-refractivity contribution < 1.29 is 44.1 Å². The lowest BCUT2D eigenvalue weighted by Crippen LogP contribution is -2.49. The van der Waals surface area contributed by atoms with E-state index in [0.717, 1.165) is 52.4 Å². The summed E-state index contributed by atoms with van der Waals surface area (Å²) in [6, 6.07) is 0. The van der Waals surface area contributed by atoms with Crippen molar-refractivity contribution in [2.24, 2.45) is 5.92 Å². The minimum atomic E-state index is -0.897. The molecule has 1 saturated heterocycles. The highest BCUT2D eigenvalue weighted by Crippen LogP contribution is 2.03. The minimum absolute atomic E-state index is 0.00644. The third-order valence-electron chi connectivity index (χ3n) is 8.16. The number of amides is 3. The van der Waals surface area contributed by atoms with Gasteiger partial charge in [-0.2, -0.15) is 0 Å². The Morgan fingerprint density at radius 2 is 1.14 bits per heavy atom. The van der Waals surface area contributed by atoms with Crippen molar-refractivity contribution in [2.75, 3.05) is 125 Å². The molecule has 0 spiro atoms. The number of carbonyl (C=O) groups is 6. The zero-order chi connectivity index (χ0) is 38.9. The second-order valence-electron chi connectivity index (χ2n) is 12.7. The van der Waals surface area contributed by atoms with Crippen molar-refractivity contribution >= 4 is 36.4 Å². The van der Waals surface area contributed by atoms with Crippen molar-refractivity contribution in [1.29, 1.82) is 0 Å². The highest BCUT2D eigenvalue weighted by Gasteiger charge is 2.19. The molecule has 51 heavy (non-hydrogen) atoms. The lowest BCUT2D eigenvalue weighted by atomic mass is 10.1. The SMILES string of the molecule is CCN1CCN(CC=O)CCN(CC(=O)O)CCN(CC(=O)NCCN(C)CCNC(=O)CCCC(=O)NCCCC(C)C)CC1.CO.O=CO. The Balaban J connectivity index is 0. The van der Waals surface area contributed by atoms with Gasteiger partial charge >= 0.3 is 5.97 Å². The van der Waals surface area contributed by atoms with Crippen molar-refractivity contribution in [1.82, 2.24) is 40.4 Å². The largest absolute Gasteiger partial charge is 0.483 e. The molecule has 17 nitrogen and oxygen atoms in total. The summed E-state index contributed by atoms with van der Waals surface area (Å²) in [4.78, 5) is 78.2. The van der Waals surface area contributed by atoms with Gasteiger partial charge in [0.2, 0.25) is 17.7 Å². The fourth-order valence-electron chi connectivity index (χ4n) is 5.16. The molecule has 1 aliphatic rings. The first-order chi connectivity index (χ1) is 24.4. The van der Waals surface area contributed by atoms with Gasteiger partial charge in [0.15, 0.2) is 0 Å². The summed E-state index contributed by atoms with van der Waals surface area (Å²) in [6.45, 7) is 15.6. The van der Waals surface area contributed by atoms with Crippen LogP contribution < -0.4 is 16.0 Å². The standard InChI is InChI=1S/C32H62N8O6.CH2O2.CH4O/c1-5-37-16-18-38(24-25-41)19-21-40(27-32(45)46)23-22-39(20-17-37)26-31(44)35-13-15-36(4)14-12-34-30(43)10-6-9-29(42)33-11-7-8-28(2)3;2-1-3;1-2/h25,28H,5-24,26-27H2,1-4H3,(H,33,42)(H,34,43)(H,35,44)(H,45,46);1H,(H,2,3);2H,1H3. The molecule has 0 atom stereocenters. The summed E-state index contributed by atoms with van der Waals surface area (Å²) < 4.78 is 0. The third kappa shape index (κ3) is 31.3. The van der Waals surface area contributed by atoms with Gasteiger partial charge < -0.3 is 45.9 Å². The third-order valence-corrected chi connectivity index (χ3v) is 8.16. The van der Waals surface area contributed by atoms with E-state index in [9.17, 15) is 29.1 Å². The smallest absolute Gasteiger partial charge is 0.317 e. The predicted octanol–water partition coefficient (Wildman–Crippen LogP) is -1.29. The van der Waals surface area contributed by atoms with Crippen LogP contribution >= 0.6 is 0 Å². The first kappa shape index (κ1) is 49.9. The van der Waals surface area contributed by atoms with Crippen LogP contribution in [-0.4, -0.2) is 202 Å². The first-order valence-corrected chi connectivity index (χ1v) is 18.0. The number of aliphatic carboxylic acids is 1. The number of hydrogen-bond acceptors (Lipinski definition) is 12. The monoisotopic (exact) mass is 733 g/mol. The second-order valence-corrected chi connectivity index (χ2v) is 12.7. The molecule has 1 fully saturated rings. The van der Waals surface area contributed by atoms with Crippen molar-refractivity contribution in [2.45, 2.75) is 52.9 Å². The van der Waals surface area contributed by atoms with Crippen LogP contribution in [-0.2, 0) is 28.8 Å². The minimum Gasteiger partial charge on any atom is -0.483 e. The van der Waals surface area contributed by atoms with E-state index in [4.69, 9.17) is 15.0 Å². The summed E-state index contributed by atoms with van der Waals surface area (Å²) in [5, 5.41) is 32.1. The highest BCUT2D eigenvalue weighted by atomic mass is 16.4. The molecule has 17 heteroatoms. The van der Waals surface area contributed by atoms with Gasteiger partial charge in [0.1, 0.15) is 6.29 Å². The number of nitrogens with one attached hydrogen (secondary N) is 3. The van der Waals surface area contributed by atoms with Crippen LogP contribution in [0.3, 0.4) is 0 Å². The van der Waals surface area contributed by atoms with Gasteiger partial charge in [0.25, 0.3) is 6.47 Å². The second kappa shape index (κ2) is 33.9. The molecule has 1 heterocycles. The number of aliphatic hydroxyl groups is 1. The molecule has 1 rings (SSSR count). The van der Waals surface area contributed by atoms with Crippen molar-refractivity contribution in [3.05, 3.63) is 0 Å². The number of hydrogen-bond donors (Lipinski definition) is 6.